The zero-order valence-electron chi connectivity index (χ0n) is 8.04. The number of hydrogen-bond acceptors (Lipinski definition) is 1. The molecule has 73 valence electrons. The summed E-state index contributed by atoms with van der Waals surface area (Å²) in [5.74, 6) is -0.833. The Morgan fingerprint density at radius 3 is 1.69 bits per heavy atom. The van der Waals surface area contributed by atoms with Gasteiger partial charge in [0.1, 0.15) is 0 Å². The summed E-state index contributed by atoms with van der Waals surface area (Å²) in [6, 6.07) is 8.45. The van der Waals surface area contributed by atoms with Gasteiger partial charge in [0.15, 0.2) is 0 Å². The van der Waals surface area contributed by atoms with Crippen LogP contribution in [0.1, 0.15) is 18.1 Å². The first-order chi connectivity index (χ1) is 5.52. The van der Waals surface area contributed by atoms with Crippen LogP contribution in [0, 0.1) is 13.8 Å². The van der Waals surface area contributed by atoms with Crippen molar-refractivity contribution in [1.29, 1.82) is 0 Å². The van der Waals surface area contributed by atoms with E-state index in [2.05, 4.69) is 38.1 Å². The summed E-state index contributed by atoms with van der Waals surface area (Å²) in [5.41, 5.74) is 2.68. The Hall–Kier alpha value is -0.791. The first kappa shape index (κ1) is 14.7. The fraction of sp³-hybridized carbons (Fsp3) is 0.300. The van der Waals surface area contributed by atoms with Crippen LogP contribution in [0.2, 0.25) is 0 Å². The SMILES string of the molecule is CC(=O)O.Cc1cccc(C)c1.[Mn]. The van der Waals surface area contributed by atoms with Gasteiger partial charge < -0.3 is 5.11 Å². The molecule has 0 saturated heterocycles. The van der Waals surface area contributed by atoms with E-state index in [1.807, 2.05) is 0 Å². The molecule has 0 heterocycles. The molecule has 2 nitrogen and oxygen atoms in total. The summed E-state index contributed by atoms with van der Waals surface area (Å²) in [7, 11) is 0. The van der Waals surface area contributed by atoms with Crippen LogP contribution >= 0.6 is 0 Å². The molecule has 0 unspecified atom stereocenters. The topological polar surface area (TPSA) is 37.3 Å². The summed E-state index contributed by atoms with van der Waals surface area (Å²) in [6.07, 6.45) is 0. The molecule has 1 aromatic carbocycles. The number of carboxylic acids is 1. The molecule has 0 saturated carbocycles. The molecule has 0 spiro atoms. The molecule has 13 heavy (non-hydrogen) atoms. The molecule has 1 aromatic rings. The minimum Gasteiger partial charge on any atom is -0.481 e. The van der Waals surface area contributed by atoms with E-state index >= 15 is 0 Å². The van der Waals surface area contributed by atoms with Crippen molar-refractivity contribution in [2.24, 2.45) is 0 Å². The molecule has 0 fully saturated rings. The Kier molecular flexibility index (Phi) is 8.87. The van der Waals surface area contributed by atoms with Gasteiger partial charge in [0.05, 0.1) is 0 Å². The van der Waals surface area contributed by atoms with Crippen molar-refractivity contribution in [2.45, 2.75) is 20.8 Å². The van der Waals surface area contributed by atoms with Crippen molar-refractivity contribution in [3.63, 3.8) is 0 Å². The first-order valence-corrected chi connectivity index (χ1v) is 3.75. The number of aliphatic carboxylic acids is 1. The zero-order chi connectivity index (χ0) is 9.56. The summed E-state index contributed by atoms with van der Waals surface area (Å²) < 4.78 is 0. The summed E-state index contributed by atoms with van der Waals surface area (Å²) >= 11 is 0. The van der Waals surface area contributed by atoms with Crippen molar-refractivity contribution in [3.8, 4) is 0 Å². The maximum atomic E-state index is 9.00. The van der Waals surface area contributed by atoms with Crippen LogP contribution in [0.15, 0.2) is 24.3 Å². The fourth-order valence-electron chi connectivity index (χ4n) is 0.807. The number of aryl methyl sites for hydroxylation is 2. The number of carboxylic acid groups (broad SMARTS) is 1. The number of rotatable bonds is 0. The molecule has 0 aliphatic rings. The second kappa shape index (κ2) is 7.84. The molecule has 3 heteroatoms. The predicted molar refractivity (Wildman–Crippen MR) is 49.2 cm³/mol. The molecule has 1 rings (SSSR count). The monoisotopic (exact) mass is 221 g/mol. The third kappa shape index (κ3) is 11.2. The molecule has 0 aromatic heterocycles. The fourth-order valence-corrected chi connectivity index (χ4v) is 0.807. The predicted octanol–water partition coefficient (Wildman–Crippen LogP) is 2.39. The van der Waals surface area contributed by atoms with Crippen molar-refractivity contribution in [1.82, 2.24) is 0 Å². The van der Waals surface area contributed by atoms with Crippen molar-refractivity contribution in [2.75, 3.05) is 0 Å². The molecular formula is C10H14MnO2. The van der Waals surface area contributed by atoms with E-state index in [0.29, 0.717) is 0 Å². The van der Waals surface area contributed by atoms with Gasteiger partial charge >= 0.3 is 0 Å². The van der Waals surface area contributed by atoms with Crippen LogP contribution in [0.25, 0.3) is 0 Å². The van der Waals surface area contributed by atoms with Crippen LogP contribution in [-0.2, 0) is 21.9 Å². The first-order valence-electron chi connectivity index (χ1n) is 3.75. The second-order valence-corrected chi connectivity index (χ2v) is 2.68. The summed E-state index contributed by atoms with van der Waals surface area (Å²) in [5, 5.41) is 7.42. The quantitative estimate of drug-likeness (QED) is 0.683. The third-order valence-corrected chi connectivity index (χ3v) is 1.17. The van der Waals surface area contributed by atoms with Crippen LogP contribution in [-0.4, -0.2) is 11.1 Å². The smallest absolute Gasteiger partial charge is 0.300 e. The standard InChI is InChI=1S/C8H10.C2H4O2.Mn/c1-7-4-3-5-8(2)6-7;1-2(3)4;/h3-6H,1-2H3;1H3,(H,3,4);. The van der Waals surface area contributed by atoms with E-state index in [9.17, 15) is 0 Å². The Labute approximate surface area is 89.4 Å². The Bertz CT molecular complexity index is 238. The van der Waals surface area contributed by atoms with E-state index < -0.39 is 5.97 Å². The van der Waals surface area contributed by atoms with Crippen molar-refractivity contribution < 1.29 is 27.0 Å². The molecular weight excluding hydrogens is 207 g/mol. The maximum absolute atomic E-state index is 9.00. The minimum absolute atomic E-state index is 0. The minimum atomic E-state index is -0.833. The van der Waals surface area contributed by atoms with Gasteiger partial charge in [-0.05, 0) is 13.8 Å². The van der Waals surface area contributed by atoms with Crippen LogP contribution in [0.5, 0.6) is 0 Å². The van der Waals surface area contributed by atoms with E-state index in [1.165, 1.54) is 11.1 Å². The van der Waals surface area contributed by atoms with Crippen LogP contribution in [0.4, 0.5) is 0 Å². The molecule has 0 atom stereocenters. The largest absolute Gasteiger partial charge is 0.481 e. The molecule has 0 amide bonds. The van der Waals surface area contributed by atoms with E-state index in [0.717, 1.165) is 6.92 Å². The summed E-state index contributed by atoms with van der Waals surface area (Å²) in [4.78, 5) is 9.00. The molecule has 0 bridgehead atoms. The van der Waals surface area contributed by atoms with Gasteiger partial charge in [-0.25, -0.2) is 0 Å². The normalized spacial score (nSPS) is 7.62. The second-order valence-electron chi connectivity index (χ2n) is 2.68. The molecule has 0 aliphatic carbocycles. The maximum Gasteiger partial charge on any atom is 0.300 e. The van der Waals surface area contributed by atoms with Crippen molar-refractivity contribution >= 4 is 5.97 Å². The molecule has 0 aliphatic heterocycles. The van der Waals surface area contributed by atoms with Crippen molar-refractivity contribution in [3.05, 3.63) is 35.4 Å². The Morgan fingerprint density at radius 2 is 1.54 bits per heavy atom. The van der Waals surface area contributed by atoms with Crippen LogP contribution < -0.4 is 0 Å². The van der Waals surface area contributed by atoms with Crippen LogP contribution in [0.3, 0.4) is 0 Å². The van der Waals surface area contributed by atoms with Gasteiger partial charge in [-0.3, -0.25) is 4.79 Å². The van der Waals surface area contributed by atoms with Gasteiger partial charge in [0, 0.05) is 24.0 Å². The van der Waals surface area contributed by atoms with Gasteiger partial charge in [0.2, 0.25) is 0 Å². The Balaban J connectivity index is 0. The third-order valence-electron chi connectivity index (χ3n) is 1.17. The average molecular weight is 221 g/mol. The zero-order valence-corrected chi connectivity index (χ0v) is 9.22. The average Bonchev–Trinajstić information content (AvgIpc) is 1.84. The number of carbonyl (C=O) groups is 1. The van der Waals surface area contributed by atoms with Gasteiger partial charge in [-0.1, -0.05) is 35.4 Å². The van der Waals surface area contributed by atoms with E-state index in [-0.39, 0.29) is 17.1 Å². The number of hydrogen-bond donors (Lipinski definition) is 1. The van der Waals surface area contributed by atoms with E-state index in [4.69, 9.17) is 9.90 Å². The van der Waals surface area contributed by atoms with Gasteiger partial charge in [0.25, 0.3) is 5.97 Å². The molecule has 1 N–H and O–H groups in total. The Morgan fingerprint density at radius 1 is 1.23 bits per heavy atom. The van der Waals surface area contributed by atoms with Gasteiger partial charge in [-0.15, -0.1) is 0 Å². The molecule has 1 radical (unpaired) electrons. The van der Waals surface area contributed by atoms with E-state index in [1.54, 1.807) is 0 Å². The summed E-state index contributed by atoms with van der Waals surface area (Å²) in [6.45, 7) is 5.29. The van der Waals surface area contributed by atoms with Gasteiger partial charge in [-0.2, -0.15) is 0 Å². The number of benzene rings is 1.